The second-order valence-electron chi connectivity index (χ2n) is 5.64. The minimum atomic E-state index is -1.16. The highest BCUT2D eigenvalue weighted by molar-refractivity contribution is 5.81. The lowest BCUT2D eigenvalue weighted by Gasteiger charge is -2.18. The molecule has 2 aromatic rings. The van der Waals surface area contributed by atoms with E-state index in [9.17, 15) is 10.2 Å². The first-order chi connectivity index (χ1) is 11.0. The Morgan fingerprint density at radius 3 is 2.78 bits per heavy atom. The molecule has 3 rings (SSSR count). The highest BCUT2D eigenvalue weighted by Gasteiger charge is 2.44. The summed E-state index contributed by atoms with van der Waals surface area (Å²) >= 11 is 0. The van der Waals surface area contributed by atoms with E-state index >= 15 is 0 Å². The zero-order valence-corrected chi connectivity index (χ0v) is 12.4. The molecule has 1 fully saturated rings. The van der Waals surface area contributed by atoms with Gasteiger partial charge in [-0.2, -0.15) is 0 Å². The Hall–Kier alpha value is -1.85. The van der Waals surface area contributed by atoms with Crippen molar-refractivity contribution in [2.45, 2.75) is 43.4 Å². The highest BCUT2D eigenvalue weighted by atomic mass is 16.6. The van der Waals surface area contributed by atoms with Crippen molar-refractivity contribution in [2.75, 3.05) is 12.3 Å². The van der Waals surface area contributed by atoms with Gasteiger partial charge in [-0.3, -0.25) is 4.57 Å². The van der Waals surface area contributed by atoms with E-state index in [1.54, 1.807) is 0 Å². The Morgan fingerprint density at radius 1 is 1.26 bits per heavy atom. The van der Waals surface area contributed by atoms with Gasteiger partial charge in [0.15, 0.2) is 17.7 Å². The number of nitrogens with zero attached hydrogens (tertiary/aromatic N) is 4. The molecule has 0 radical (unpaired) electrons. The fourth-order valence-corrected chi connectivity index (χ4v) is 2.79. The number of ether oxygens (including phenoxy) is 1. The lowest BCUT2D eigenvalue weighted by atomic mass is 10.0. The zero-order valence-electron chi connectivity index (χ0n) is 12.4. The Bertz CT molecular complexity index is 680. The molecule has 2 aromatic heterocycles. The highest BCUT2D eigenvalue weighted by Crippen LogP contribution is 2.33. The van der Waals surface area contributed by atoms with E-state index in [0.29, 0.717) is 24.0 Å². The minimum absolute atomic E-state index is 0.0433. The fourth-order valence-electron chi connectivity index (χ4n) is 2.79. The standard InChI is InChI=1S/C13H20N6O4/c14-6(1-2-20)3-7-9(21)10(22)13(23-7)19-5-18-8-11(15)16-4-17-12(8)19/h4-7,9-10,13,20-22H,1-3,14H2,(H2,15,16,17)/t6?,7-,9-,10-,13-/m1/s1. The third-order valence-corrected chi connectivity index (χ3v) is 4.03. The number of nitrogen functional groups attached to an aromatic ring is 1. The quantitative estimate of drug-likeness (QED) is 0.423. The summed E-state index contributed by atoms with van der Waals surface area (Å²) in [7, 11) is 0. The number of aromatic nitrogens is 4. The van der Waals surface area contributed by atoms with E-state index in [2.05, 4.69) is 15.0 Å². The van der Waals surface area contributed by atoms with Crippen LogP contribution >= 0.6 is 0 Å². The number of anilines is 1. The molecule has 1 unspecified atom stereocenters. The molecule has 10 heteroatoms. The van der Waals surface area contributed by atoms with Crippen LogP contribution in [0.15, 0.2) is 12.7 Å². The molecule has 0 spiro atoms. The Morgan fingerprint density at radius 2 is 2.04 bits per heavy atom. The Kier molecular flexibility index (Phi) is 4.41. The predicted molar refractivity (Wildman–Crippen MR) is 80.0 cm³/mol. The van der Waals surface area contributed by atoms with Gasteiger partial charge < -0.3 is 31.5 Å². The van der Waals surface area contributed by atoms with E-state index < -0.39 is 24.5 Å². The summed E-state index contributed by atoms with van der Waals surface area (Å²) in [5.74, 6) is 0.225. The molecule has 3 heterocycles. The van der Waals surface area contributed by atoms with Gasteiger partial charge in [-0.15, -0.1) is 0 Å². The maximum absolute atomic E-state index is 10.3. The van der Waals surface area contributed by atoms with Gasteiger partial charge in [0, 0.05) is 12.6 Å². The van der Waals surface area contributed by atoms with E-state index in [1.807, 2.05) is 0 Å². The second-order valence-corrected chi connectivity index (χ2v) is 5.64. The number of hydrogen-bond donors (Lipinski definition) is 5. The molecule has 5 atom stereocenters. The van der Waals surface area contributed by atoms with Crippen LogP contribution in [0.4, 0.5) is 5.82 Å². The maximum atomic E-state index is 10.3. The monoisotopic (exact) mass is 324 g/mol. The number of aliphatic hydroxyl groups is 3. The molecule has 1 aliphatic heterocycles. The second kappa shape index (κ2) is 6.34. The van der Waals surface area contributed by atoms with Gasteiger partial charge >= 0.3 is 0 Å². The van der Waals surface area contributed by atoms with Crippen molar-refractivity contribution in [3.05, 3.63) is 12.7 Å². The Labute approximate surface area is 131 Å². The molecule has 1 aliphatic rings. The van der Waals surface area contributed by atoms with E-state index in [-0.39, 0.29) is 18.5 Å². The van der Waals surface area contributed by atoms with Crippen LogP contribution in [0, 0.1) is 0 Å². The largest absolute Gasteiger partial charge is 0.396 e. The minimum Gasteiger partial charge on any atom is -0.396 e. The molecule has 1 saturated heterocycles. The third kappa shape index (κ3) is 2.86. The van der Waals surface area contributed by atoms with Gasteiger partial charge in [0.05, 0.1) is 12.4 Å². The summed E-state index contributed by atoms with van der Waals surface area (Å²) in [6.07, 6.45) is -0.307. The zero-order chi connectivity index (χ0) is 16.6. The van der Waals surface area contributed by atoms with Crippen molar-refractivity contribution in [1.29, 1.82) is 0 Å². The van der Waals surface area contributed by atoms with Crippen molar-refractivity contribution in [3.63, 3.8) is 0 Å². The van der Waals surface area contributed by atoms with Crippen molar-refractivity contribution >= 4 is 17.0 Å². The molecule has 0 amide bonds. The van der Waals surface area contributed by atoms with Gasteiger partial charge in [0.2, 0.25) is 0 Å². The molecule has 7 N–H and O–H groups in total. The normalized spacial score (nSPS) is 29.2. The molecular formula is C13H20N6O4. The number of imidazole rings is 1. The Balaban J connectivity index is 1.84. The van der Waals surface area contributed by atoms with Crippen LogP contribution < -0.4 is 11.5 Å². The molecule has 0 saturated carbocycles. The van der Waals surface area contributed by atoms with E-state index in [4.69, 9.17) is 21.3 Å². The van der Waals surface area contributed by atoms with Crippen LogP contribution in [-0.2, 0) is 4.74 Å². The SMILES string of the molecule is Nc1ncnc2c1ncn2[C@@H]1O[C@H](CC(N)CCO)[C@@H](O)[C@H]1O. The summed E-state index contributed by atoms with van der Waals surface area (Å²) in [6, 6.07) is -0.330. The van der Waals surface area contributed by atoms with Crippen molar-refractivity contribution in [1.82, 2.24) is 19.5 Å². The van der Waals surface area contributed by atoms with Crippen LogP contribution in [-0.4, -0.2) is 65.8 Å². The van der Waals surface area contributed by atoms with E-state index in [1.165, 1.54) is 17.2 Å². The summed E-state index contributed by atoms with van der Waals surface area (Å²) in [4.78, 5) is 12.1. The molecule has 0 aliphatic carbocycles. The van der Waals surface area contributed by atoms with Gasteiger partial charge in [0.25, 0.3) is 0 Å². The van der Waals surface area contributed by atoms with Gasteiger partial charge in [-0.1, -0.05) is 0 Å². The van der Waals surface area contributed by atoms with E-state index in [0.717, 1.165) is 0 Å². The lowest BCUT2D eigenvalue weighted by molar-refractivity contribution is -0.0389. The van der Waals surface area contributed by atoms with Crippen LogP contribution in [0.25, 0.3) is 11.2 Å². The topological polar surface area (TPSA) is 166 Å². The smallest absolute Gasteiger partial charge is 0.167 e. The van der Waals surface area contributed by atoms with Gasteiger partial charge in [-0.05, 0) is 12.8 Å². The fraction of sp³-hybridized carbons (Fsp3) is 0.615. The number of rotatable bonds is 5. The average molecular weight is 324 g/mol. The first kappa shape index (κ1) is 16.0. The van der Waals surface area contributed by atoms with Gasteiger partial charge in [0.1, 0.15) is 24.1 Å². The third-order valence-electron chi connectivity index (χ3n) is 4.03. The molecular weight excluding hydrogens is 304 g/mol. The molecule has 0 bridgehead atoms. The summed E-state index contributed by atoms with van der Waals surface area (Å²) in [5.41, 5.74) is 12.4. The van der Waals surface area contributed by atoms with Crippen LogP contribution in [0.3, 0.4) is 0 Å². The summed E-state index contributed by atoms with van der Waals surface area (Å²) in [6.45, 7) is -0.0433. The maximum Gasteiger partial charge on any atom is 0.167 e. The molecule has 23 heavy (non-hydrogen) atoms. The van der Waals surface area contributed by atoms with Crippen molar-refractivity contribution < 1.29 is 20.1 Å². The number of aliphatic hydroxyl groups excluding tert-OH is 3. The molecule has 10 nitrogen and oxygen atoms in total. The van der Waals surface area contributed by atoms with Crippen LogP contribution in [0.5, 0.6) is 0 Å². The van der Waals surface area contributed by atoms with Crippen molar-refractivity contribution in [2.24, 2.45) is 5.73 Å². The summed E-state index contributed by atoms with van der Waals surface area (Å²) in [5, 5.41) is 29.4. The summed E-state index contributed by atoms with van der Waals surface area (Å²) < 4.78 is 7.27. The first-order valence-electron chi connectivity index (χ1n) is 7.34. The number of nitrogens with two attached hydrogens (primary N) is 2. The molecule has 126 valence electrons. The first-order valence-corrected chi connectivity index (χ1v) is 7.34. The van der Waals surface area contributed by atoms with Crippen LogP contribution in [0.1, 0.15) is 19.1 Å². The number of fused-ring (bicyclic) bond motifs is 1. The lowest BCUT2D eigenvalue weighted by Crippen LogP contribution is -2.35. The predicted octanol–water partition coefficient (Wildman–Crippen LogP) is -1.87. The average Bonchev–Trinajstić information content (AvgIpc) is 3.05. The van der Waals surface area contributed by atoms with Crippen LogP contribution in [0.2, 0.25) is 0 Å². The van der Waals surface area contributed by atoms with Gasteiger partial charge in [-0.25, -0.2) is 15.0 Å². The molecule has 0 aromatic carbocycles. The number of hydrogen-bond acceptors (Lipinski definition) is 9. The van der Waals surface area contributed by atoms with Crippen molar-refractivity contribution in [3.8, 4) is 0 Å².